The van der Waals surface area contributed by atoms with Gasteiger partial charge in [-0.15, -0.1) is 0 Å². The number of benzene rings is 2. The number of amides is 1. The molecule has 0 aliphatic rings. The fraction of sp³-hybridized carbons (Fsp3) is 0.318. The van der Waals surface area contributed by atoms with Crippen molar-refractivity contribution >= 4 is 16.8 Å². The highest BCUT2D eigenvalue weighted by molar-refractivity contribution is 5.97. The Bertz CT molecular complexity index is 1140. The normalized spacial score (nSPS) is 12.2. The molecule has 2 N–H and O–H groups in total. The molecule has 1 unspecified atom stereocenters. The summed E-state index contributed by atoms with van der Waals surface area (Å²) in [6.45, 7) is 7.83. The van der Waals surface area contributed by atoms with Crippen LogP contribution in [-0.2, 0) is 6.54 Å². The first kappa shape index (κ1) is 20.4. The lowest BCUT2D eigenvalue weighted by atomic mass is 10.1. The van der Waals surface area contributed by atoms with Crippen molar-refractivity contribution < 1.29 is 9.53 Å². The van der Waals surface area contributed by atoms with E-state index >= 15 is 0 Å². The molecule has 1 heterocycles. The van der Waals surface area contributed by atoms with Crippen LogP contribution in [0, 0.1) is 0 Å². The lowest BCUT2D eigenvalue weighted by Crippen LogP contribution is -2.34. The zero-order valence-electron chi connectivity index (χ0n) is 17.0. The molecule has 7 nitrogen and oxygen atoms in total. The predicted molar refractivity (Wildman–Crippen MR) is 113 cm³/mol. The maximum Gasteiger partial charge on any atom is 0.328 e. The SMILES string of the molecule is CCn1c(=O)[nH]c2cc(C(=O)NC(C)c3ccc(OC(C)C)cc3)ccc2c1=O. The number of carbonyl (C=O) groups excluding carboxylic acids is 1. The van der Waals surface area contributed by atoms with Crippen LogP contribution in [0.4, 0.5) is 0 Å². The number of H-pyrrole nitrogens is 1. The lowest BCUT2D eigenvalue weighted by Gasteiger charge is -2.16. The van der Waals surface area contributed by atoms with Gasteiger partial charge in [0.1, 0.15) is 5.75 Å². The van der Waals surface area contributed by atoms with Gasteiger partial charge in [-0.05, 0) is 63.6 Å². The summed E-state index contributed by atoms with van der Waals surface area (Å²) in [4.78, 5) is 39.7. The van der Waals surface area contributed by atoms with E-state index in [1.807, 2.05) is 45.0 Å². The largest absolute Gasteiger partial charge is 0.491 e. The second-order valence-corrected chi connectivity index (χ2v) is 7.17. The van der Waals surface area contributed by atoms with Crippen molar-refractivity contribution in [3.8, 4) is 5.75 Å². The number of carbonyl (C=O) groups is 1. The van der Waals surface area contributed by atoms with Crippen molar-refractivity contribution in [2.24, 2.45) is 0 Å². The lowest BCUT2D eigenvalue weighted by molar-refractivity contribution is 0.0940. The van der Waals surface area contributed by atoms with E-state index in [-0.39, 0.29) is 30.2 Å². The standard InChI is InChI=1S/C22H25N3O4/c1-5-25-21(27)18-11-8-16(12-19(18)24-22(25)28)20(26)23-14(4)15-6-9-17(10-7-15)29-13(2)3/h6-14H,5H2,1-4H3,(H,23,26)(H,24,28). The van der Waals surface area contributed by atoms with Crippen molar-refractivity contribution in [1.29, 1.82) is 0 Å². The molecule has 0 aliphatic carbocycles. The van der Waals surface area contributed by atoms with Gasteiger partial charge < -0.3 is 15.0 Å². The first-order chi connectivity index (χ1) is 13.8. The van der Waals surface area contributed by atoms with E-state index in [2.05, 4.69) is 10.3 Å². The summed E-state index contributed by atoms with van der Waals surface area (Å²) in [6.07, 6.45) is 0.0961. The van der Waals surface area contributed by atoms with Crippen LogP contribution in [-0.4, -0.2) is 21.6 Å². The third-order valence-corrected chi connectivity index (χ3v) is 4.66. The molecule has 3 aromatic rings. The number of hydrogen-bond acceptors (Lipinski definition) is 4. The molecule has 2 aromatic carbocycles. The quantitative estimate of drug-likeness (QED) is 0.671. The van der Waals surface area contributed by atoms with Gasteiger partial charge in [0, 0.05) is 12.1 Å². The fourth-order valence-electron chi connectivity index (χ4n) is 3.15. The summed E-state index contributed by atoms with van der Waals surface area (Å²) in [5.74, 6) is 0.487. The fourth-order valence-corrected chi connectivity index (χ4v) is 3.15. The van der Waals surface area contributed by atoms with Gasteiger partial charge in [0.25, 0.3) is 11.5 Å². The maximum absolute atomic E-state index is 12.7. The smallest absolute Gasteiger partial charge is 0.328 e. The summed E-state index contributed by atoms with van der Waals surface area (Å²) in [5, 5.41) is 3.31. The average molecular weight is 395 g/mol. The topological polar surface area (TPSA) is 93.2 Å². The Hall–Kier alpha value is -3.35. The van der Waals surface area contributed by atoms with Crippen LogP contribution in [0.2, 0.25) is 0 Å². The monoisotopic (exact) mass is 395 g/mol. The molecular formula is C22H25N3O4. The highest BCUT2D eigenvalue weighted by atomic mass is 16.5. The highest BCUT2D eigenvalue weighted by Gasteiger charge is 2.14. The molecule has 0 radical (unpaired) electrons. The number of aromatic amines is 1. The van der Waals surface area contributed by atoms with Crippen molar-refractivity contribution in [3.63, 3.8) is 0 Å². The molecule has 3 rings (SSSR count). The van der Waals surface area contributed by atoms with Crippen molar-refractivity contribution in [3.05, 3.63) is 74.4 Å². The van der Waals surface area contributed by atoms with Crippen LogP contribution in [0.25, 0.3) is 10.9 Å². The van der Waals surface area contributed by atoms with Crippen LogP contribution in [0.3, 0.4) is 0 Å². The number of fused-ring (bicyclic) bond motifs is 1. The van der Waals surface area contributed by atoms with E-state index in [0.717, 1.165) is 15.9 Å². The molecule has 0 saturated carbocycles. The molecule has 152 valence electrons. The number of aromatic nitrogens is 2. The summed E-state index contributed by atoms with van der Waals surface area (Å²) < 4.78 is 6.75. The number of rotatable bonds is 6. The van der Waals surface area contributed by atoms with Gasteiger partial charge in [-0.1, -0.05) is 12.1 Å². The molecular weight excluding hydrogens is 370 g/mol. The number of nitrogens with one attached hydrogen (secondary N) is 2. The van der Waals surface area contributed by atoms with Gasteiger partial charge in [-0.2, -0.15) is 0 Å². The Morgan fingerprint density at radius 2 is 1.79 bits per heavy atom. The third-order valence-electron chi connectivity index (χ3n) is 4.66. The number of hydrogen-bond donors (Lipinski definition) is 2. The van der Waals surface area contributed by atoms with Gasteiger partial charge in [0.2, 0.25) is 0 Å². The molecule has 0 fully saturated rings. The first-order valence-electron chi connectivity index (χ1n) is 9.64. The van der Waals surface area contributed by atoms with Gasteiger partial charge in [-0.3, -0.25) is 14.2 Å². The van der Waals surface area contributed by atoms with Crippen LogP contribution in [0.1, 0.15) is 49.7 Å². The zero-order valence-corrected chi connectivity index (χ0v) is 17.0. The first-order valence-corrected chi connectivity index (χ1v) is 9.64. The summed E-state index contributed by atoms with van der Waals surface area (Å²) >= 11 is 0. The zero-order chi connectivity index (χ0) is 21.1. The van der Waals surface area contributed by atoms with Gasteiger partial charge >= 0.3 is 5.69 Å². The number of ether oxygens (including phenoxy) is 1. The summed E-state index contributed by atoms with van der Waals surface area (Å²) in [6, 6.07) is 12.0. The molecule has 0 spiro atoms. The molecule has 0 saturated heterocycles. The second-order valence-electron chi connectivity index (χ2n) is 7.17. The van der Waals surface area contributed by atoms with Crippen molar-refractivity contribution in [2.45, 2.75) is 46.4 Å². The minimum Gasteiger partial charge on any atom is -0.491 e. The molecule has 0 bridgehead atoms. The Labute approximate surface area is 168 Å². The van der Waals surface area contributed by atoms with E-state index in [1.165, 1.54) is 6.07 Å². The maximum atomic E-state index is 12.7. The van der Waals surface area contributed by atoms with Gasteiger partial charge in [0.15, 0.2) is 0 Å². The molecule has 7 heteroatoms. The number of nitrogens with zero attached hydrogens (tertiary/aromatic N) is 1. The molecule has 1 amide bonds. The Balaban J connectivity index is 1.80. The van der Waals surface area contributed by atoms with E-state index in [4.69, 9.17) is 4.74 Å². The van der Waals surface area contributed by atoms with Crippen LogP contribution < -0.4 is 21.3 Å². The Kier molecular flexibility index (Phi) is 5.87. The third kappa shape index (κ3) is 4.39. The minimum atomic E-state index is -0.486. The van der Waals surface area contributed by atoms with Crippen LogP contribution >= 0.6 is 0 Å². The van der Waals surface area contributed by atoms with Crippen LogP contribution in [0.15, 0.2) is 52.1 Å². The van der Waals surface area contributed by atoms with E-state index < -0.39 is 5.69 Å². The van der Waals surface area contributed by atoms with E-state index in [1.54, 1.807) is 19.1 Å². The Morgan fingerprint density at radius 1 is 1.10 bits per heavy atom. The van der Waals surface area contributed by atoms with Crippen molar-refractivity contribution in [2.75, 3.05) is 0 Å². The molecule has 1 atom stereocenters. The predicted octanol–water partition coefficient (Wildman–Crippen LogP) is 2.99. The van der Waals surface area contributed by atoms with E-state index in [0.29, 0.717) is 16.5 Å². The van der Waals surface area contributed by atoms with Gasteiger partial charge in [-0.25, -0.2) is 4.79 Å². The van der Waals surface area contributed by atoms with Crippen LogP contribution in [0.5, 0.6) is 5.75 Å². The summed E-state index contributed by atoms with van der Waals surface area (Å²) in [7, 11) is 0. The van der Waals surface area contributed by atoms with Crippen molar-refractivity contribution in [1.82, 2.24) is 14.9 Å². The molecule has 1 aromatic heterocycles. The average Bonchev–Trinajstić information content (AvgIpc) is 2.67. The minimum absolute atomic E-state index is 0.0961. The van der Waals surface area contributed by atoms with Gasteiger partial charge in [0.05, 0.1) is 23.0 Å². The van der Waals surface area contributed by atoms with E-state index in [9.17, 15) is 14.4 Å². The molecule has 29 heavy (non-hydrogen) atoms. The second kappa shape index (κ2) is 8.34. The molecule has 0 aliphatic heterocycles. The summed E-state index contributed by atoms with van der Waals surface area (Å²) in [5.41, 5.74) is 0.804. The Morgan fingerprint density at radius 3 is 2.41 bits per heavy atom. The highest BCUT2D eigenvalue weighted by Crippen LogP contribution is 2.19.